The topological polar surface area (TPSA) is 26.0 Å². The normalized spacial score (nSPS) is 14.7. The van der Waals surface area contributed by atoms with Gasteiger partial charge in [0.1, 0.15) is 11.2 Å². The Morgan fingerprint density at radius 2 is 1.90 bits per heavy atom. The molecule has 2 aromatic heterocycles. The zero-order chi connectivity index (χ0) is 17.6. The minimum Gasteiger partial charge on any atom is -0.455 e. The summed E-state index contributed by atoms with van der Waals surface area (Å²) in [5.74, 6) is 0. The lowest BCUT2D eigenvalue weighted by molar-refractivity contribution is 0.670. The lowest BCUT2D eigenvalue weighted by Crippen LogP contribution is -1.88. The molecule has 2 aromatic carbocycles. The molecule has 2 nitrogen and oxygen atoms in total. The summed E-state index contributed by atoms with van der Waals surface area (Å²) in [5.41, 5.74) is 3.50. The van der Waals surface area contributed by atoms with Crippen LogP contribution in [0.2, 0.25) is 0 Å². The van der Waals surface area contributed by atoms with Gasteiger partial charge in [-0.25, -0.2) is 0 Å². The molecule has 0 N–H and O–H groups in total. The van der Waals surface area contributed by atoms with Crippen molar-refractivity contribution in [2.45, 2.75) is 13.8 Å². The van der Waals surface area contributed by atoms with Crippen LogP contribution in [0.4, 0.5) is 0 Å². The fraction of sp³-hybridized carbons (Fsp3) is 0.105. The Labute approximate surface area is 128 Å². The summed E-state index contributed by atoms with van der Waals surface area (Å²) in [6, 6.07) is 15.3. The monoisotopic (exact) mass is 277 g/mol. The number of fused-ring (bicyclic) bond motifs is 3. The molecule has 0 saturated heterocycles. The minimum absolute atomic E-state index is 0.112. The number of aryl methyl sites for hydroxylation is 2. The number of hydrogen-bond acceptors (Lipinski definition) is 2. The Kier molecular flexibility index (Phi) is 1.83. The number of nitrogens with zero attached hydrogens (tertiary/aromatic N) is 1. The van der Waals surface area contributed by atoms with Crippen LogP contribution in [-0.2, 0) is 0 Å². The molecule has 0 saturated carbocycles. The predicted molar refractivity (Wildman–Crippen MR) is 86.4 cm³/mol. The van der Waals surface area contributed by atoms with E-state index < -0.39 is 6.85 Å². The smallest absolute Gasteiger partial charge is 0.144 e. The lowest BCUT2D eigenvalue weighted by Gasteiger charge is -2.05. The van der Waals surface area contributed by atoms with Gasteiger partial charge in [0.25, 0.3) is 0 Å². The maximum Gasteiger partial charge on any atom is 0.144 e. The van der Waals surface area contributed by atoms with Gasteiger partial charge < -0.3 is 4.42 Å². The Bertz CT molecular complexity index is 1080. The second kappa shape index (κ2) is 4.45. The van der Waals surface area contributed by atoms with Crippen molar-refractivity contribution in [2.24, 2.45) is 0 Å². The SMILES string of the molecule is [2H]Cc1cc(-c2cccc3c2oc2ccccc23)ncc1C([2H])([2H])[2H]. The molecule has 0 atom stereocenters. The van der Waals surface area contributed by atoms with Gasteiger partial charge in [-0.1, -0.05) is 30.3 Å². The number of rotatable bonds is 1. The summed E-state index contributed by atoms with van der Waals surface area (Å²) < 4.78 is 36.4. The summed E-state index contributed by atoms with van der Waals surface area (Å²) >= 11 is 0. The van der Waals surface area contributed by atoms with Gasteiger partial charge in [-0.05, 0) is 43.1 Å². The van der Waals surface area contributed by atoms with Crippen LogP contribution < -0.4 is 0 Å². The number of aromatic nitrogens is 1. The van der Waals surface area contributed by atoms with E-state index in [1.807, 2.05) is 42.5 Å². The maximum atomic E-state index is 7.67. The molecule has 0 unspecified atom stereocenters. The van der Waals surface area contributed by atoms with E-state index in [0.29, 0.717) is 16.8 Å². The predicted octanol–water partition coefficient (Wildman–Crippen LogP) is 5.26. The zero-order valence-electron chi connectivity index (χ0n) is 15.3. The van der Waals surface area contributed by atoms with E-state index in [9.17, 15) is 0 Å². The quantitative estimate of drug-likeness (QED) is 0.474. The third-order valence-corrected chi connectivity index (χ3v) is 3.67. The fourth-order valence-electron chi connectivity index (χ4n) is 2.59. The first-order valence-corrected chi connectivity index (χ1v) is 6.68. The van der Waals surface area contributed by atoms with Crippen LogP contribution in [0.3, 0.4) is 0 Å². The molecule has 4 aromatic rings. The van der Waals surface area contributed by atoms with Crippen molar-refractivity contribution in [2.75, 3.05) is 0 Å². The van der Waals surface area contributed by atoms with Crippen LogP contribution >= 0.6 is 0 Å². The van der Waals surface area contributed by atoms with Crippen LogP contribution in [0.25, 0.3) is 33.2 Å². The molecule has 0 amide bonds. The Hall–Kier alpha value is -2.61. The van der Waals surface area contributed by atoms with E-state index in [1.54, 1.807) is 6.07 Å². The Balaban J connectivity index is 1.96. The fourth-order valence-corrected chi connectivity index (χ4v) is 2.59. The van der Waals surface area contributed by atoms with Gasteiger partial charge in [-0.15, -0.1) is 0 Å². The minimum atomic E-state index is -2.27. The van der Waals surface area contributed by atoms with Gasteiger partial charge in [-0.3, -0.25) is 4.98 Å². The molecule has 0 aliphatic rings. The highest BCUT2D eigenvalue weighted by molar-refractivity contribution is 6.09. The van der Waals surface area contributed by atoms with Gasteiger partial charge in [0, 0.05) is 28.0 Å². The third kappa shape index (κ3) is 1.83. The van der Waals surface area contributed by atoms with Gasteiger partial charge in [-0.2, -0.15) is 0 Å². The highest BCUT2D eigenvalue weighted by atomic mass is 16.3. The number of furan rings is 1. The molecular weight excluding hydrogens is 258 g/mol. The van der Waals surface area contributed by atoms with Crippen molar-refractivity contribution in [3.05, 3.63) is 65.9 Å². The van der Waals surface area contributed by atoms with Crippen molar-refractivity contribution < 1.29 is 9.90 Å². The average Bonchev–Trinajstić information content (AvgIpc) is 2.99. The average molecular weight is 277 g/mol. The number of benzene rings is 2. The molecule has 0 bridgehead atoms. The largest absolute Gasteiger partial charge is 0.455 e. The highest BCUT2D eigenvalue weighted by Gasteiger charge is 2.12. The van der Waals surface area contributed by atoms with Crippen molar-refractivity contribution in [3.8, 4) is 11.3 Å². The van der Waals surface area contributed by atoms with Crippen LogP contribution in [0.15, 0.2) is 59.1 Å². The molecule has 0 aliphatic carbocycles. The van der Waals surface area contributed by atoms with Gasteiger partial charge in [0.2, 0.25) is 0 Å². The molecule has 102 valence electrons. The summed E-state index contributed by atoms with van der Waals surface area (Å²) in [7, 11) is 0. The summed E-state index contributed by atoms with van der Waals surface area (Å²) in [6.45, 7) is -2.38. The van der Waals surface area contributed by atoms with Crippen LogP contribution in [0, 0.1) is 13.8 Å². The number of hydrogen-bond donors (Lipinski definition) is 0. The van der Waals surface area contributed by atoms with Crippen molar-refractivity contribution in [1.82, 2.24) is 4.98 Å². The second-order valence-corrected chi connectivity index (χ2v) is 5.01. The van der Waals surface area contributed by atoms with Crippen LogP contribution in [0.5, 0.6) is 0 Å². The summed E-state index contributed by atoms with van der Waals surface area (Å²) in [6.07, 6.45) is 1.35. The van der Waals surface area contributed by atoms with Crippen LogP contribution in [-0.4, -0.2) is 4.98 Å². The number of para-hydroxylation sites is 2. The highest BCUT2D eigenvalue weighted by Crippen LogP contribution is 2.35. The van der Waals surface area contributed by atoms with Gasteiger partial charge >= 0.3 is 0 Å². The number of pyridine rings is 1. The maximum absolute atomic E-state index is 7.67. The van der Waals surface area contributed by atoms with Gasteiger partial charge in [0.05, 0.1) is 5.69 Å². The van der Waals surface area contributed by atoms with Crippen LogP contribution in [0.1, 0.15) is 16.6 Å². The lowest BCUT2D eigenvalue weighted by atomic mass is 10.0. The second-order valence-electron chi connectivity index (χ2n) is 5.01. The molecular formula is C19H15NO. The molecule has 2 heteroatoms. The van der Waals surface area contributed by atoms with E-state index in [-0.39, 0.29) is 12.5 Å². The molecule has 0 aliphatic heterocycles. The first kappa shape index (κ1) is 8.63. The molecule has 4 rings (SSSR count). The van der Waals surface area contributed by atoms with E-state index >= 15 is 0 Å². The van der Waals surface area contributed by atoms with E-state index in [2.05, 4.69) is 4.98 Å². The molecule has 0 spiro atoms. The molecule has 0 radical (unpaired) electrons. The first-order chi connectivity index (χ1) is 12.0. The van der Waals surface area contributed by atoms with E-state index in [1.165, 1.54) is 6.20 Å². The van der Waals surface area contributed by atoms with Crippen molar-refractivity contribution in [1.29, 1.82) is 0 Å². The zero-order valence-corrected chi connectivity index (χ0v) is 11.3. The van der Waals surface area contributed by atoms with Crippen molar-refractivity contribution >= 4 is 21.9 Å². The summed E-state index contributed by atoms with van der Waals surface area (Å²) in [4.78, 5) is 4.34. The molecule has 0 fully saturated rings. The first-order valence-electron chi connectivity index (χ1n) is 8.89. The standard InChI is InChI=1S/C19H15NO/c1-12-10-17(20-11-13(12)2)16-8-5-7-15-14-6-3-4-9-18(14)21-19(15)16/h3-11H,1-2H3/i1D,2D3. The summed E-state index contributed by atoms with van der Waals surface area (Å²) in [5, 5.41) is 2.02. The Morgan fingerprint density at radius 1 is 1.00 bits per heavy atom. The third-order valence-electron chi connectivity index (χ3n) is 3.67. The van der Waals surface area contributed by atoms with Crippen molar-refractivity contribution in [3.63, 3.8) is 0 Å². The Morgan fingerprint density at radius 3 is 2.81 bits per heavy atom. The molecule has 21 heavy (non-hydrogen) atoms. The van der Waals surface area contributed by atoms with E-state index in [4.69, 9.17) is 9.90 Å². The van der Waals surface area contributed by atoms with E-state index in [0.717, 1.165) is 21.9 Å². The van der Waals surface area contributed by atoms with Gasteiger partial charge in [0.15, 0.2) is 0 Å². The molecule has 2 heterocycles.